The van der Waals surface area contributed by atoms with Gasteiger partial charge >= 0.3 is 0 Å². The second-order valence-corrected chi connectivity index (χ2v) is 6.58. The second kappa shape index (κ2) is 5.43. The van der Waals surface area contributed by atoms with Crippen LogP contribution >= 0.6 is 23.6 Å². The molecule has 0 spiro atoms. The smallest absolute Gasteiger partial charge is 0.178 e. The van der Waals surface area contributed by atoms with Crippen molar-refractivity contribution in [3.8, 4) is 0 Å². The number of fused-ring (bicyclic) bond motifs is 2. The molecule has 0 bridgehead atoms. The Morgan fingerprint density at radius 1 is 1.35 bits per heavy atom. The van der Waals surface area contributed by atoms with Crippen LogP contribution in [0.2, 0.25) is 0 Å². The first kappa shape index (κ1) is 14.3. The van der Waals surface area contributed by atoms with E-state index >= 15 is 0 Å². The molecular weight excluding hydrogens is 326 g/mol. The number of nitrogens with zero attached hydrogens (tertiary/aromatic N) is 4. The van der Waals surface area contributed by atoms with Gasteiger partial charge < -0.3 is 14.5 Å². The van der Waals surface area contributed by atoms with Crippen LogP contribution in [0.25, 0.3) is 21.9 Å². The van der Waals surface area contributed by atoms with Crippen LogP contribution < -0.4 is 4.90 Å². The molecule has 0 aliphatic rings. The first-order chi connectivity index (χ1) is 11.2. The van der Waals surface area contributed by atoms with Gasteiger partial charge in [-0.25, -0.2) is 9.97 Å². The molecule has 7 heteroatoms. The zero-order valence-electron chi connectivity index (χ0n) is 12.8. The molecule has 116 valence electrons. The van der Waals surface area contributed by atoms with Crippen LogP contribution in [0.15, 0.2) is 36.0 Å². The molecule has 0 fully saturated rings. The summed E-state index contributed by atoms with van der Waals surface area (Å²) in [6.45, 7) is 2.92. The van der Waals surface area contributed by atoms with Crippen LogP contribution in [-0.4, -0.2) is 26.6 Å². The predicted molar refractivity (Wildman–Crippen MR) is 98.3 cm³/mol. The topological polar surface area (TPSA) is 49.7 Å². The van der Waals surface area contributed by atoms with E-state index in [1.54, 1.807) is 17.7 Å². The third-order valence-electron chi connectivity index (χ3n) is 3.98. The predicted octanol–water partition coefficient (Wildman–Crippen LogP) is 4.49. The molecule has 1 aromatic carbocycles. The highest BCUT2D eigenvalue weighted by Crippen LogP contribution is 2.32. The van der Waals surface area contributed by atoms with E-state index in [-0.39, 0.29) is 0 Å². The molecule has 0 aliphatic heterocycles. The molecule has 0 aliphatic carbocycles. The van der Waals surface area contributed by atoms with Gasteiger partial charge in [0.15, 0.2) is 4.77 Å². The molecule has 4 rings (SSSR count). The highest BCUT2D eigenvalue weighted by atomic mass is 32.1. The Morgan fingerprint density at radius 3 is 2.96 bits per heavy atom. The number of imidazole rings is 1. The quantitative estimate of drug-likeness (QED) is 0.558. The number of aromatic nitrogens is 4. The largest absolute Gasteiger partial charge is 0.331 e. The van der Waals surface area contributed by atoms with Crippen LogP contribution in [0.1, 0.15) is 6.92 Å². The SMILES string of the molecule is CCn1c(=S)[nH]c2cc3c(N(C)c4cccs4)ncnc3cc21. The zero-order valence-corrected chi connectivity index (χ0v) is 14.4. The van der Waals surface area contributed by atoms with E-state index in [2.05, 4.69) is 54.9 Å². The number of aromatic amines is 1. The number of thiophene rings is 1. The average molecular weight is 341 g/mol. The number of nitrogens with one attached hydrogen (secondary N) is 1. The molecule has 0 saturated carbocycles. The summed E-state index contributed by atoms with van der Waals surface area (Å²) < 4.78 is 2.81. The van der Waals surface area contributed by atoms with Gasteiger partial charge in [0.2, 0.25) is 0 Å². The maximum atomic E-state index is 5.40. The Hall–Kier alpha value is -2.25. The van der Waals surface area contributed by atoms with Crippen LogP contribution in [0.4, 0.5) is 10.8 Å². The second-order valence-electron chi connectivity index (χ2n) is 5.27. The van der Waals surface area contributed by atoms with Crippen molar-refractivity contribution in [3.63, 3.8) is 0 Å². The fourth-order valence-electron chi connectivity index (χ4n) is 2.84. The first-order valence-corrected chi connectivity index (χ1v) is 8.62. The molecule has 5 nitrogen and oxygen atoms in total. The van der Waals surface area contributed by atoms with Gasteiger partial charge in [-0.15, -0.1) is 11.3 Å². The minimum Gasteiger partial charge on any atom is -0.331 e. The van der Waals surface area contributed by atoms with Gasteiger partial charge in [-0.3, -0.25) is 0 Å². The van der Waals surface area contributed by atoms with Crippen LogP contribution in [0.5, 0.6) is 0 Å². The van der Waals surface area contributed by atoms with E-state index in [1.165, 1.54) is 0 Å². The van der Waals surface area contributed by atoms with Crippen molar-refractivity contribution < 1.29 is 0 Å². The Bertz CT molecular complexity index is 1050. The lowest BCUT2D eigenvalue weighted by Gasteiger charge is -2.17. The van der Waals surface area contributed by atoms with Gasteiger partial charge in [0.25, 0.3) is 0 Å². The van der Waals surface area contributed by atoms with E-state index in [0.29, 0.717) is 0 Å². The molecule has 3 heterocycles. The minimum absolute atomic E-state index is 0.735. The molecule has 4 aromatic rings. The summed E-state index contributed by atoms with van der Waals surface area (Å²) in [5.41, 5.74) is 3.01. The summed E-state index contributed by atoms with van der Waals surface area (Å²) >= 11 is 7.09. The number of benzene rings is 1. The lowest BCUT2D eigenvalue weighted by molar-refractivity contribution is 0.774. The Morgan fingerprint density at radius 2 is 2.22 bits per heavy atom. The normalized spacial score (nSPS) is 11.4. The number of H-pyrrole nitrogens is 1. The van der Waals surface area contributed by atoms with E-state index in [4.69, 9.17) is 12.2 Å². The summed E-state index contributed by atoms with van der Waals surface area (Å²) in [5.74, 6) is 0.892. The molecule has 0 radical (unpaired) electrons. The third-order valence-corrected chi connectivity index (χ3v) is 5.25. The molecule has 0 saturated heterocycles. The van der Waals surface area contributed by atoms with Gasteiger partial charge in [0, 0.05) is 19.0 Å². The van der Waals surface area contributed by atoms with Crippen molar-refractivity contribution in [1.82, 2.24) is 19.5 Å². The third kappa shape index (κ3) is 2.24. The fourth-order valence-corrected chi connectivity index (χ4v) is 3.88. The van der Waals surface area contributed by atoms with E-state index < -0.39 is 0 Å². The molecule has 0 amide bonds. The molecule has 1 N–H and O–H groups in total. The lowest BCUT2D eigenvalue weighted by Crippen LogP contribution is -2.10. The lowest BCUT2D eigenvalue weighted by atomic mass is 10.2. The van der Waals surface area contributed by atoms with Crippen molar-refractivity contribution >= 4 is 56.3 Å². The molecule has 3 aromatic heterocycles. The Balaban J connectivity index is 2.00. The summed E-state index contributed by atoms with van der Waals surface area (Å²) in [5, 5.41) is 4.21. The summed E-state index contributed by atoms with van der Waals surface area (Å²) in [6, 6.07) is 8.29. The first-order valence-electron chi connectivity index (χ1n) is 7.33. The van der Waals surface area contributed by atoms with Gasteiger partial charge in [0.05, 0.1) is 21.6 Å². The summed E-state index contributed by atoms with van der Waals surface area (Å²) in [7, 11) is 2.03. The van der Waals surface area contributed by atoms with E-state index in [1.807, 2.05) is 13.1 Å². The highest BCUT2D eigenvalue weighted by molar-refractivity contribution is 7.71. The van der Waals surface area contributed by atoms with Crippen molar-refractivity contribution in [2.75, 3.05) is 11.9 Å². The van der Waals surface area contributed by atoms with Crippen molar-refractivity contribution in [2.45, 2.75) is 13.5 Å². The van der Waals surface area contributed by atoms with Crippen LogP contribution in [0, 0.1) is 4.77 Å². The van der Waals surface area contributed by atoms with Gasteiger partial charge in [-0.05, 0) is 48.8 Å². The van der Waals surface area contributed by atoms with Gasteiger partial charge in [-0.2, -0.15) is 0 Å². The minimum atomic E-state index is 0.735. The molecule has 23 heavy (non-hydrogen) atoms. The fraction of sp³-hybridized carbons (Fsp3) is 0.188. The maximum absolute atomic E-state index is 5.40. The number of hydrogen-bond acceptors (Lipinski definition) is 5. The van der Waals surface area contributed by atoms with Crippen molar-refractivity contribution in [2.24, 2.45) is 0 Å². The number of aryl methyl sites for hydroxylation is 1. The zero-order chi connectivity index (χ0) is 16.0. The monoisotopic (exact) mass is 341 g/mol. The van der Waals surface area contributed by atoms with Gasteiger partial charge in [-0.1, -0.05) is 0 Å². The Kier molecular flexibility index (Phi) is 3.39. The maximum Gasteiger partial charge on any atom is 0.178 e. The van der Waals surface area contributed by atoms with Crippen molar-refractivity contribution in [1.29, 1.82) is 0 Å². The Labute approximate surface area is 142 Å². The molecule has 0 unspecified atom stereocenters. The van der Waals surface area contributed by atoms with E-state index in [0.717, 1.165) is 44.1 Å². The van der Waals surface area contributed by atoms with E-state index in [9.17, 15) is 0 Å². The van der Waals surface area contributed by atoms with Crippen LogP contribution in [-0.2, 0) is 6.54 Å². The highest BCUT2D eigenvalue weighted by Gasteiger charge is 2.13. The number of anilines is 2. The number of hydrogen-bond donors (Lipinski definition) is 1. The van der Waals surface area contributed by atoms with Crippen LogP contribution in [0.3, 0.4) is 0 Å². The number of rotatable bonds is 3. The summed E-state index contributed by atoms with van der Waals surface area (Å²) in [4.78, 5) is 14.3. The standard InChI is InChI=1S/C16H15N5S2/c1-3-21-13-8-11-10(7-12(13)19-16(21)22)15(18-9-17-11)20(2)14-5-4-6-23-14/h4-9H,3H2,1-2H3,(H,19,22). The molecule has 0 atom stereocenters. The summed E-state index contributed by atoms with van der Waals surface area (Å²) in [6.07, 6.45) is 1.62. The average Bonchev–Trinajstić information content (AvgIpc) is 3.18. The van der Waals surface area contributed by atoms with Gasteiger partial charge in [0.1, 0.15) is 12.1 Å². The molecular formula is C16H15N5S2. The van der Waals surface area contributed by atoms with Crippen molar-refractivity contribution in [3.05, 3.63) is 40.7 Å².